The Morgan fingerprint density at radius 1 is 1.07 bits per heavy atom. The smallest absolute Gasteiger partial charge is 0.292 e. The maximum atomic E-state index is 13.0. The van der Waals surface area contributed by atoms with Crippen LogP contribution in [-0.4, -0.2) is 49.8 Å². The Bertz CT molecular complexity index is 874. The zero-order valence-electron chi connectivity index (χ0n) is 15.7. The summed E-state index contributed by atoms with van der Waals surface area (Å²) in [7, 11) is 0. The van der Waals surface area contributed by atoms with Gasteiger partial charge in [0.2, 0.25) is 5.91 Å². The van der Waals surface area contributed by atoms with Crippen molar-refractivity contribution in [2.24, 2.45) is 0 Å². The number of aromatic amines is 1. The van der Waals surface area contributed by atoms with Crippen LogP contribution in [0, 0.1) is 0 Å². The molecule has 2 fully saturated rings. The van der Waals surface area contributed by atoms with Crippen molar-refractivity contribution < 1.29 is 28.3 Å². The topological polar surface area (TPSA) is 59.2 Å². The molecule has 2 N–H and O–H groups in total. The van der Waals surface area contributed by atoms with Gasteiger partial charge in [-0.05, 0) is 30.3 Å². The number of halogens is 2. The van der Waals surface area contributed by atoms with Crippen molar-refractivity contribution in [3.8, 4) is 0 Å². The van der Waals surface area contributed by atoms with Gasteiger partial charge in [0.15, 0.2) is 6.04 Å². The molecule has 0 spiro atoms. The van der Waals surface area contributed by atoms with Crippen molar-refractivity contribution in [1.29, 1.82) is 0 Å². The third-order valence-corrected chi connectivity index (χ3v) is 6.12. The Hall–Kier alpha value is -2.52. The lowest BCUT2D eigenvalue weighted by atomic mass is 10.1. The number of benzene rings is 1. The fourth-order valence-corrected chi connectivity index (χ4v) is 4.46. The number of pyridine rings is 1. The Kier molecular flexibility index (Phi) is 5.77. The van der Waals surface area contributed by atoms with Crippen LogP contribution in [0.15, 0.2) is 53.6 Å². The maximum absolute atomic E-state index is 13.0. The van der Waals surface area contributed by atoms with Gasteiger partial charge >= 0.3 is 0 Å². The third kappa shape index (κ3) is 4.25. The van der Waals surface area contributed by atoms with Gasteiger partial charge in [-0.2, -0.15) is 8.78 Å². The van der Waals surface area contributed by atoms with Crippen molar-refractivity contribution in [1.82, 2.24) is 0 Å². The van der Waals surface area contributed by atoms with Crippen molar-refractivity contribution in [3.05, 3.63) is 48.7 Å². The summed E-state index contributed by atoms with van der Waals surface area (Å²) in [5.74, 6) is -1.90. The summed E-state index contributed by atoms with van der Waals surface area (Å²) in [5, 5.41) is 0. The number of rotatable bonds is 5. The van der Waals surface area contributed by atoms with Gasteiger partial charge in [-0.25, -0.2) is 9.88 Å². The summed E-state index contributed by atoms with van der Waals surface area (Å²) in [5.41, 5.74) is 0.443. The monoisotopic (exact) mass is 420 g/mol. The highest BCUT2D eigenvalue weighted by Gasteiger charge is 2.47. The van der Waals surface area contributed by atoms with Gasteiger partial charge in [0.1, 0.15) is 26.2 Å². The lowest BCUT2D eigenvalue weighted by Gasteiger charge is -2.31. The number of nitrogens with zero attached hydrogens (tertiary/aromatic N) is 2. The van der Waals surface area contributed by atoms with Gasteiger partial charge in [0.05, 0.1) is 18.3 Å². The minimum absolute atomic E-state index is 0.180. The van der Waals surface area contributed by atoms with E-state index in [-0.39, 0.29) is 24.3 Å². The molecule has 29 heavy (non-hydrogen) atoms. The molecule has 2 aliphatic rings. The number of carbonyl (C=O) groups excluding carboxylic acids is 2. The highest BCUT2D eigenvalue weighted by Crippen LogP contribution is 2.29. The second-order valence-corrected chi connectivity index (χ2v) is 8.15. The minimum Gasteiger partial charge on any atom is -0.318 e. The number of thioether (sulfide) groups is 1. The number of nitrogens with one attached hydrogen (secondary N) is 2. The fraction of sp³-hybridized carbons (Fsp3) is 0.350. The van der Waals surface area contributed by atoms with Crippen LogP contribution in [0.1, 0.15) is 6.42 Å². The largest absolute Gasteiger partial charge is 0.318 e. The van der Waals surface area contributed by atoms with Crippen LogP contribution < -0.4 is 19.7 Å². The number of amides is 2. The Morgan fingerprint density at radius 3 is 2.41 bits per heavy atom. The van der Waals surface area contributed by atoms with Gasteiger partial charge in [-0.1, -0.05) is 17.8 Å². The van der Waals surface area contributed by atoms with E-state index >= 15 is 0 Å². The predicted octanol–water partition coefficient (Wildman–Crippen LogP) is 0.852. The van der Waals surface area contributed by atoms with E-state index in [0.717, 1.165) is 36.9 Å². The van der Waals surface area contributed by atoms with E-state index in [1.807, 2.05) is 24.4 Å². The highest BCUT2D eigenvalue weighted by molar-refractivity contribution is 7.99. The second kappa shape index (κ2) is 8.46. The lowest BCUT2D eigenvalue weighted by Crippen LogP contribution is -3.19. The van der Waals surface area contributed by atoms with Crippen molar-refractivity contribution in [2.45, 2.75) is 23.1 Å². The van der Waals surface area contributed by atoms with E-state index < -0.39 is 5.76 Å². The van der Waals surface area contributed by atoms with Crippen LogP contribution in [0.2, 0.25) is 0 Å². The third-order valence-electron chi connectivity index (χ3n) is 5.40. The number of anilines is 2. The van der Waals surface area contributed by atoms with Crippen LogP contribution in [0.25, 0.3) is 0 Å². The molecule has 2 aliphatic heterocycles. The second-order valence-electron chi connectivity index (χ2n) is 7.09. The first kappa shape index (κ1) is 19.8. The molecule has 0 bridgehead atoms. The number of imide groups is 1. The summed E-state index contributed by atoms with van der Waals surface area (Å²) in [4.78, 5) is 33.7. The molecule has 2 amide bonds. The predicted molar refractivity (Wildman–Crippen MR) is 105 cm³/mol. The molecule has 0 saturated carbocycles. The van der Waals surface area contributed by atoms with Gasteiger partial charge in [0, 0.05) is 11.0 Å². The molecule has 0 aliphatic carbocycles. The number of hydrogen-bond donors (Lipinski definition) is 1. The molecule has 9 heteroatoms. The molecule has 2 saturated heterocycles. The van der Waals surface area contributed by atoms with Gasteiger partial charge in [-0.15, -0.1) is 0 Å². The molecule has 6 nitrogen and oxygen atoms in total. The Balaban J connectivity index is 1.41. The van der Waals surface area contributed by atoms with Crippen molar-refractivity contribution >= 4 is 35.1 Å². The van der Waals surface area contributed by atoms with Crippen LogP contribution in [-0.2, 0) is 9.59 Å². The molecule has 0 unspecified atom stereocenters. The van der Waals surface area contributed by atoms with Crippen molar-refractivity contribution in [2.75, 3.05) is 36.0 Å². The van der Waals surface area contributed by atoms with Gasteiger partial charge in [0.25, 0.3) is 17.5 Å². The first-order valence-corrected chi connectivity index (χ1v) is 10.4. The molecule has 4 rings (SSSR count). The number of hydrogen-bond acceptors (Lipinski definition) is 4. The van der Waals surface area contributed by atoms with E-state index in [9.17, 15) is 18.4 Å². The number of carbonyl (C=O) groups is 2. The molecule has 1 atom stereocenters. The fourth-order valence-electron chi connectivity index (χ4n) is 3.96. The van der Waals surface area contributed by atoms with Crippen molar-refractivity contribution in [3.63, 3.8) is 0 Å². The summed E-state index contributed by atoms with van der Waals surface area (Å²) >= 11 is 0.440. The van der Waals surface area contributed by atoms with Crippen LogP contribution in [0.4, 0.5) is 20.3 Å². The number of quaternary nitrogens is 1. The SMILES string of the molecule is O=C1C[C@H]([NH+]2CCN(c3cccc[nH+]3)CC2)C(=O)N1c1ccc(SC(F)F)cc1. The van der Waals surface area contributed by atoms with E-state index in [4.69, 9.17) is 0 Å². The summed E-state index contributed by atoms with van der Waals surface area (Å²) in [6, 6.07) is 11.7. The molecule has 1 aromatic heterocycles. The van der Waals surface area contributed by atoms with Crippen LogP contribution in [0.5, 0.6) is 0 Å². The zero-order valence-corrected chi connectivity index (χ0v) is 16.5. The average molecular weight is 420 g/mol. The molecule has 3 heterocycles. The average Bonchev–Trinajstić information content (AvgIpc) is 3.03. The minimum atomic E-state index is -2.50. The molecular weight excluding hydrogens is 398 g/mol. The van der Waals surface area contributed by atoms with E-state index in [2.05, 4.69) is 9.88 Å². The molecule has 2 aromatic rings. The summed E-state index contributed by atoms with van der Waals surface area (Å²) in [6.07, 6.45) is 2.07. The maximum Gasteiger partial charge on any atom is 0.292 e. The molecule has 0 radical (unpaired) electrons. The van der Waals surface area contributed by atoms with Gasteiger partial charge in [-0.3, -0.25) is 14.5 Å². The lowest BCUT2D eigenvalue weighted by molar-refractivity contribution is -0.915. The first-order valence-electron chi connectivity index (χ1n) is 9.51. The molecular formula is C20H22F2N4O2S+2. The molecule has 152 valence electrons. The normalized spacial score (nSPS) is 20.7. The number of aromatic nitrogens is 1. The van der Waals surface area contributed by atoms with E-state index in [1.165, 1.54) is 17.0 Å². The number of piperazine rings is 1. The van der Waals surface area contributed by atoms with Crippen LogP contribution in [0.3, 0.4) is 0 Å². The summed E-state index contributed by atoms with van der Waals surface area (Å²) in [6.45, 7) is 3.13. The standard InChI is InChI=1S/C20H20F2N4O2S/c21-20(22)29-15-6-4-14(5-7-15)26-18(27)13-16(19(26)28)24-9-11-25(12-10-24)17-3-1-2-8-23-17/h1-8,16,20H,9-13H2/p+2/t16-/m0/s1. The number of H-pyrrole nitrogens is 1. The quantitative estimate of drug-likeness (QED) is 0.576. The Morgan fingerprint density at radius 2 is 1.79 bits per heavy atom. The number of alkyl halides is 2. The van der Waals surface area contributed by atoms with Gasteiger partial charge < -0.3 is 4.90 Å². The Labute approximate surface area is 171 Å². The van der Waals surface area contributed by atoms with E-state index in [0.29, 0.717) is 22.3 Å². The first-order chi connectivity index (χ1) is 14.0. The molecule has 1 aromatic carbocycles. The summed E-state index contributed by atoms with van der Waals surface area (Å²) < 4.78 is 25.0. The van der Waals surface area contributed by atoms with E-state index in [1.54, 1.807) is 12.1 Å². The van der Waals surface area contributed by atoms with Crippen LogP contribution >= 0.6 is 11.8 Å². The zero-order chi connectivity index (χ0) is 20.4. The highest BCUT2D eigenvalue weighted by atomic mass is 32.2.